The van der Waals surface area contributed by atoms with E-state index in [0.717, 1.165) is 47.4 Å². The van der Waals surface area contributed by atoms with E-state index in [2.05, 4.69) is 20.7 Å². The molecule has 0 fully saturated rings. The quantitative estimate of drug-likeness (QED) is 0.239. The van der Waals surface area contributed by atoms with Gasteiger partial charge in [0.05, 0.1) is 32.1 Å². The fourth-order valence-corrected chi connectivity index (χ4v) is 3.03. The number of aromatic nitrogens is 2. The maximum atomic E-state index is 13.1. The van der Waals surface area contributed by atoms with E-state index < -0.39 is 0 Å². The minimum absolute atomic E-state index is 0. The molecule has 0 saturated carbocycles. The molecule has 0 aliphatic heterocycles. The molecule has 172 valence electrons. The number of nitrogens with one attached hydrogen (secondary N) is 2. The van der Waals surface area contributed by atoms with Gasteiger partial charge in [0.25, 0.3) is 0 Å². The van der Waals surface area contributed by atoms with Crippen LogP contribution < -0.4 is 20.1 Å². The first kappa shape index (κ1) is 25.4. The summed E-state index contributed by atoms with van der Waals surface area (Å²) in [4.78, 5) is 4.65. The second kappa shape index (κ2) is 12.9. The number of ether oxygens (including phenoxy) is 2. The number of hydrogen-bond donors (Lipinski definition) is 2. The Morgan fingerprint density at radius 3 is 2.53 bits per heavy atom. The first-order valence-electron chi connectivity index (χ1n) is 10.2. The molecule has 32 heavy (non-hydrogen) atoms. The molecule has 7 nitrogen and oxygen atoms in total. The number of guanidine groups is 1. The summed E-state index contributed by atoms with van der Waals surface area (Å²) in [5.41, 5.74) is 2.73. The Bertz CT molecular complexity index is 1010. The molecular weight excluding hydrogens is 524 g/mol. The van der Waals surface area contributed by atoms with Crippen molar-refractivity contribution in [2.75, 3.05) is 27.3 Å². The fourth-order valence-electron chi connectivity index (χ4n) is 3.03. The number of aliphatic imine (C=N–C) groups is 1. The maximum absolute atomic E-state index is 13.1. The summed E-state index contributed by atoms with van der Waals surface area (Å²) in [5.74, 6) is 1.95. The van der Waals surface area contributed by atoms with Gasteiger partial charge in [0.15, 0.2) is 5.96 Å². The summed E-state index contributed by atoms with van der Waals surface area (Å²) in [5, 5.41) is 11.1. The third kappa shape index (κ3) is 7.11. The van der Waals surface area contributed by atoms with E-state index in [9.17, 15) is 4.39 Å². The predicted octanol–water partition coefficient (Wildman–Crippen LogP) is 3.94. The van der Waals surface area contributed by atoms with Crippen LogP contribution in [-0.2, 0) is 13.0 Å². The number of halogens is 2. The molecule has 0 aliphatic carbocycles. The van der Waals surface area contributed by atoms with Gasteiger partial charge in [-0.25, -0.2) is 14.1 Å². The van der Waals surface area contributed by atoms with Crippen LogP contribution in [0.4, 0.5) is 4.39 Å². The van der Waals surface area contributed by atoms with E-state index in [1.807, 2.05) is 37.4 Å². The molecule has 2 aromatic carbocycles. The highest BCUT2D eigenvalue weighted by molar-refractivity contribution is 14.0. The number of methoxy groups -OCH3 is 2. The van der Waals surface area contributed by atoms with Crippen molar-refractivity contribution in [1.82, 2.24) is 20.4 Å². The Labute approximate surface area is 205 Å². The minimum atomic E-state index is -0.261. The monoisotopic (exact) mass is 553 g/mol. The number of nitrogens with zero attached hydrogens (tertiary/aromatic N) is 3. The van der Waals surface area contributed by atoms with Crippen molar-refractivity contribution in [2.45, 2.75) is 19.9 Å². The molecule has 0 unspecified atom stereocenters. The second-order valence-electron chi connectivity index (χ2n) is 6.78. The summed E-state index contributed by atoms with van der Waals surface area (Å²) in [6.07, 6.45) is 2.60. The smallest absolute Gasteiger partial charge is 0.191 e. The largest absolute Gasteiger partial charge is 0.497 e. The van der Waals surface area contributed by atoms with Crippen LogP contribution in [0.1, 0.15) is 18.2 Å². The maximum Gasteiger partial charge on any atom is 0.191 e. The Hall–Kier alpha value is -2.82. The molecule has 0 radical (unpaired) electrons. The molecule has 0 bridgehead atoms. The van der Waals surface area contributed by atoms with Crippen LogP contribution in [0.5, 0.6) is 11.5 Å². The van der Waals surface area contributed by atoms with Gasteiger partial charge >= 0.3 is 0 Å². The van der Waals surface area contributed by atoms with E-state index in [4.69, 9.17) is 9.47 Å². The van der Waals surface area contributed by atoms with Gasteiger partial charge in [0, 0.05) is 37.3 Å². The van der Waals surface area contributed by atoms with Crippen molar-refractivity contribution >= 4 is 29.9 Å². The predicted molar refractivity (Wildman–Crippen MR) is 135 cm³/mol. The zero-order valence-electron chi connectivity index (χ0n) is 18.5. The lowest BCUT2D eigenvalue weighted by Crippen LogP contribution is -2.38. The molecule has 1 heterocycles. The lowest BCUT2D eigenvalue weighted by Gasteiger charge is -2.12. The van der Waals surface area contributed by atoms with E-state index >= 15 is 0 Å². The van der Waals surface area contributed by atoms with Crippen molar-refractivity contribution < 1.29 is 13.9 Å². The normalized spacial score (nSPS) is 10.9. The van der Waals surface area contributed by atoms with Crippen molar-refractivity contribution in [2.24, 2.45) is 4.99 Å². The van der Waals surface area contributed by atoms with Crippen LogP contribution in [0.3, 0.4) is 0 Å². The van der Waals surface area contributed by atoms with E-state index in [0.29, 0.717) is 13.1 Å². The highest BCUT2D eigenvalue weighted by atomic mass is 127. The van der Waals surface area contributed by atoms with Gasteiger partial charge in [-0.2, -0.15) is 5.10 Å². The summed E-state index contributed by atoms with van der Waals surface area (Å²) < 4.78 is 25.5. The zero-order chi connectivity index (χ0) is 22.1. The van der Waals surface area contributed by atoms with E-state index in [1.54, 1.807) is 31.0 Å². The number of hydrogen-bond acceptors (Lipinski definition) is 4. The lowest BCUT2D eigenvalue weighted by atomic mass is 10.2. The van der Waals surface area contributed by atoms with Gasteiger partial charge in [0.1, 0.15) is 17.3 Å². The van der Waals surface area contributed by atoms with Crippen LogP contribution >= 0.6 is 24.0 Å². The van der Waals surface area contributed by atoms with Crippen molar-refractivity contribution in [3.63, 3.8) is 0 Å². The number of benzene rings is 2. The Balaban J connectivity index is 0.00000363. The van der Waals surface area contributed by atoms with Crippen molar-refractivity contribution in [1.29, 1.82) is 0 Å². The SMILES string of the molecule is CCNC(=NCc1ccc(OC)cc1OC)NCCc1ccn(-c2ccc(F)cc2)n1.I. The van der Waals surface area contributed by atoms with Crippen LogP contribution in [0, 0.1) is 5.82 Å². The molecule has 1 aromatic heterocycles. The molecule has 3 aromatic rings. The van der Waals surface area contributed by atoms with Gasteiger partial charge in [-0.1, -0.05) is 0 Å². The molecule has 3 rings (SSSR count). The molecule has 0 aliphatic rings. The average molecular weight is 553 g/mol. The standard InChI is InChI=1S/C23H28FN5O2.HI/c1-4-25-23(27-16-17-5-10-21(30-2)15-22(17)31-3)26-13-11-19-12-14-29(28-19)20-8-6-18(24)7-9-20;/h5-10,12,14-15H,4,11,13,16H2,1-3H3,(H2,25,26,27);1H. The highest BCUT2D eigenvalue weighted by Crippen LogP contribution is 2.25. The van der Waals surface area contributed by atoms with Gasteiger partial charge in [-0.05, 0) is 49.4 Å². The summed E-state index contributed by atoms with van der Waals surface area (Å²) >= 11 is 0. The highest BCUT2D eigenvalue weighted by Gasteiger charge is 2.06. The fraction of sp³-hybridized carbons (Fsp3) is 0.304. The van der Waals surface area contributed by atoms with Gasteiger partial charge in [0.2, 0.25) is 0 Å². The third-order valence-corrected chi connectivity index (χ3v) is 4.66. The van der Waals surface area contributed by atoms with Crippen molar-refractivity contribution in [3.8, 4) is 17.2 Å². The summed E-state index contributed by atoms with van der Waals surface area (Å²) in [6.45, 7) is 3.92. The molecule has 0 spiro atoms. The Morgan fingerprint density at radius 2 is 1.84 bits per heavy atom. The first-order chi connectivity index (χ1) is 15.1. The zero-order valence-corrected chi connectivity index (χ0v) is 20.8. The van der Waals surface area contributed by atoms with Crippen LogP contribution in [0.2, 0.25) is 0 Å². The van der Waals surface area contributed by atoms with E-state index in [1.165, 1.54) is 12.1 Å². The van der Waals surface area contributed by atoms with Crippen LogP contribution in [0.25, 0.3) is 5.69 Å². The molecule has 9 heteroatoms. The molecular formula is C23H29FIN5O2. The van der Waals surface area contributed by atoms with Crippen LogP contribution in [0.15, 0.2) is 59.7 Å². The van der Waals surface area contributed by atoms with Gasteiger partial charge in [-0.15, -0.1) is 24.0 Å². The molecule has 0 amide bonds. The Morgan fingerprint density at radius 1 is 1.06 bits per heavy atom. The van der Waals surface area contributed by atoms with Crippen LogP contribution in [-0.4, -0.2) is 43.0 Å². The third-order valence-electron chi connectivity index (χ3n) is 4.66. The molecule has 0 saturated heterocycles. The minimum Gasteiger partial charge on any atom is -0.497 e. The summed E-state index contributed by atoms with van der Waals surface area (Å²) in [7, 11) is 3.26. The number of rotatable bonds is 9. The lowest BCUT2D eigenvalue weighted by molar-refractivity contribution is 0.391. The first-order valence-corrected chi connectivity index (χ1v) is 10.2. The average Bonchev–Trinajstić information content (AvgIpc) is 3.26. The Kier molecular flexibility index (Phi) is 10.3. The van der Waals surface area contributed by atoms with Gasteiger partial charge < -0.3 is 20.1 Å². The molecule has 0 atom stereocenters. The van der Waals surface area contributed by atoms with E-state index in [-0.39, 0.29) is 29.8 Å². The molecule has 2 N–H and O–H groups in total. The topological polar surface area (TPSA) is 72.7 Å². The summed E-state index contributed by atoms with van der Waals surface area (Å²) in [6, 6.07) is 13.9. The van der Waals surface area contributed by atoms with Crippen molar-refractivity contribution in [3.05, 3.63) is 71.8 Å². The van der Waals surface area contributed by atoms with Gasteiger partial charge in [-0.3, -0.25) is 0 Å². The second-order valence-corrected chi connectivity index (χ2v) is 6.78.